The molecule has 0 atom stereocenters. The molecular weight excluding hydrogens is 456 g/mol. The quantitative estimate of drug-likeness (QED) is 0.496. The van der Waals surface area contributed by atoms with E-state index in [0.717, 1.165) is 17.5 Å². The Morgan fingerprint density at radius 3 is 2.32 bits per heavy atom. The van der Waals surface area contributed by atoms with Crippen LogP contribution in [0.3, 0.4) is 0 Å². The van der Waals surface area contributed by atoms with Gasteiger partial charge in [0.05, 0.1) is 22.7 Å². The normalized spacial score (nSPS) is 14.6. The first-order valence-corrected chi connectivity index (χ1v) is 12.8. The summed E-state index contributed by atoms with van der Waals surface area (Å²) in [6, 6.07) is 9.41. The highest BCUT2D eigenvalue weighted by molar-refractivity contribution is 7.92. The van der Waals surface area contributed by atoms with Gasteiger partial charge in [-0.2, -0.15) is 0 Å². The van der Waals surface area contributed by atoms with Crippen molar-refractivity contribution in [2.24, 2.45) is 0 Å². The molecule has 1 amide bonds. The summed E-state index contributed by atoms with van der Waals surface area (Å²) < 4.78 is 28.1. The van der Waals surface area contributed by atoms with Gasteiger partial charge in [0.15, 0.2) is 0 Å². The van der Waals surface area contributed by atoms with Crippen LogP contribution in [0.2, 0.25) is 0 Å². The summed E-state index contributed by atoms with van der Waals surface area (Å²) in [5.41, 5.74) is 2.57. The minimum atomic E-state index is -3.86. The van der Waals surface area contributed by atoms with E-state index in [1.807, 2.05) is 30.6 Å². The van der Waals surface area contributed by atoms with Crippen LogP contribution in [0.5, 0.6) is 0 Å². The van der Waals surface area contributed by atoms with Gasteiger partial charge >= 0.3 is 5.97 Å². The largest absolute Gasteiger partial charge is 0.478 e. The number of benzene rings is 2. The highest BCUT2D eigenvalue weighted by Crippen LogP contribution is 2.27. The summed E-state index contributed by atoms with van der Waals surface area (Å²) in [7, 11) is -3.86. The summed E-state index contributed by atoms with van der Waals surface area (Å²) >= 11 is 0. The molecule has 184 valence electrons. The molecular formula is C24H32N4O5S. The van der Waals surface area contributed by atoms with Gasteiger partial charge in [-0.15, -0.1) is 0 Å². The van der Waals surface area contributed by atoms with Crippen molar-refractivity contribution in [1.82, 2.24) is 10.2 Å². The molecule has 1 aliphatic heterocycles. The van der Waals surface area contributed by atoms with Crippen LogP contribution < -0.4 is 14.9 Å². The van der Waals surface area contributed by atoms with E-state index in [-0.39, 0.29) is 22.1 Å². The van der Waals surface area contributed by atoms with Gasteiger partial charge in [-0.3, -0.25) is 14.4 Å². The number of nitrogens with zero attached hydrogens (tertiary/aromatic N) is 2. The number of carboxylic acids is 1. The molecule has 10 heteroatoms. The molecule has 3 rings (SSSR count). The molecule has 0 unspecified atom stereocenters. The predicted molar refractivity (Wildman–Crippen MR) is 132 cm³/mol. The number of hydrogen-bond acceptors (Lipinski definition) is 6. The maximum atomic E-state index is 12.8. The predicted octanol–water partition coefficient (Wildman–Crippen LogP) is 2.45. The van der Waals surface area contributed by atoms with E-state index < -0.39 is 16.0 Å². The lowest BCUT2D eigenvalue weighted by Crippen LogP contribution is -2.49. The van der Waals surface area contributed by atoms with Gasteiger partial charge < -0.3 is 15.3 Å². The number of carboxylic acid groups (broad SMARTS) is 1. The second kappa shape index (κ2) is 10.9. The number of carbonyl (C=O) groups is 2. The van der Waals surface area contributed by atoms with Crippen molar-refractivity contribution >= 4 is 33.3 Å². The van der Waals surface area contributed by atoms with Crippen molar-refractivity contribution in [1.29, 1.82) is 0 Å². The lowest BCUT2D eigenvalue weighted by atomic mass is 10.1. The van der Waals surface area contributed by atoms with Gasteiger partial charge in [0, 0.05) is 38.4 Å². The Balaban J connectivity index is 1.72. The molecule has 2 aromatic carbocycles. The lowest BCUT2D eigenvalue weighted by molar-refractivity contribution is -0.122. The maximum absolute atomic E-state index is 12.8. The van der Waals surface area contributed by atoms with Crippen LogP contribution in [-0.2, 0) is 14.8 Å². The first-order chi connectivity index (χ1) is 16.1. The number of carbonyl (C=O) groups excluding carboxylic acids is 1. The minimum Gasteiger partial charge on any atom is -0.478 e. The van der Waals surface area contributed by atoms with E-state index in [2.05, 4.69) is 10.0 Å². The van der Waals surface area contributed by atoms with Crippen LogP contribution in [0.4, 0.5) is 11.4 Å². The van der Waals surface area contributed by atoms with E-state index in [9.17, 15) is 23.1 Å². The monoisotopic (exact) mass is 488 g/mol. The number of rotatable bonds is 9. The van der Waals surface area contributed by atoms with E-state index in [4.69, 9.17) is 0 Å². The Bertz CT molecular complexity index is 1160. The average molecular weight is 489 g/mol. The topological polar surface area (TPSA) is 119 Å². The summed E-state index contributed by atoms with van der Waals surface area (Å²) in [4.78, 5) is 28.0. The molecule has 34 heavy (non-hydrogen) atoms. The molecule has 0 bridgehead atoms. The Kier molecular flexibility index (Phi) is 8.16. The SMILES string of the molecule is CCCNC(=O)CN1CCN(c2ccc(NS(=O)(=O)c3ccc(C)c(C)c3)cc2C(=O)O)CC1. The molecule has 0 spiro atoms. The van der Waals surface area contributed by atoms with Gasteiger partial charge in [0.25, 0.3) is 10.0 Å². The van der Waals surface area contributed by atoms with Gasteiger partial charge in [-0.25, -0.2) is 13.2 Å². The number of sulfonamides is 1. The smallest absolute Gasteiger partial charge is 0.337 e. The first kappa shape index (κ1) is 25.5. The molecule has 0 aliphatic carbocycles. The molecule has 1 aliphatic rings. The van der Waals surface area contributed by atoms with Crippen LogP contribution in [0, 0.1) is 13.8 Å². The second-order valence-corrected chi connectivity index (χ2v) is 10.2. The highest BCUT2D eigenvalue weighted by atomic mass is 32.2. The molecule has 0 radical (unpaired) electrons. The number of hydrogen-bond donors (Lipinski definition) is 3. The molecule has 1 heterocycles. The van der Waals surface area contributed by atoms with Crippen molar-refractivity contribution < 1.29 is 23.1 Å². The molecule has 9 nitrogen and oxygen atoms in total. The van der Waals surface area contributed by atoms with Gasteiger partial charge in [0.2, 0.25) is 5.91 Å². The van der Waals surface area contributed by atoms with Crippen LogP contribution in [0.25, 0.3) is 0 Å². The van der Waals surface area contributed by atoms with Crippen molar-refractivity contribution in [2.45, 2.75) is 32.1 Å². The molecule has 1 saturated heterocycles. The number of anilines is 2. The fourth-order valence-electron chi connectivity index (χ4n) is 3.81. The number of amides is 1. The standard InChI is InChI=1S/C24H32N4O5S/c1-4-9-25-23(29)16-27-10-12-28(13-11-27)22-8-6-19(15-21(22)24(30)31)26-34(32,33)20-7-5-17(2)18(3)14-20/h5-8,14-15,26H,4,9-13,16H2,1-3H3,(H,25,29)(H,30,31). The van der Waals surface area contributed by atoms with E-state index in [0.29, 0.717) is 45.0 Å². The number of aromatic carboxylic acids is 1. The second-order valence-electron chi connectivity index (χ2n) is 8.50. The maximum Gasteiger partial charge on any atom is 0.337 e. The Morgan fingerprint density at radius 2 is 1.71 bits per heavy atom. The zero-order chi connectivity index (χ0) is 24.9. The zero-order valence-electron chi connectivity index (χ0n) is 19.8. The van der Waals surface area contributed by atoms with Crippen LogP contribution >= 0.6 is 0 Å². The van der Waals surface area contributed by atoms with Crippen molar-refractivity contribution in [3.05, 3.63) is 53.1 Å². The summed E-state index contributed by atoms with van der Waals surface area (Å²) in [6.07, 6.45) is 0.883. The van der Waals surface area contributed by atoms with Crippen molar-refractivity contribution in [2.75, 3.05) is 48.9 Å². The molecule has 2 aromatic rings. The minimum absolute atomic E-state index is 0.0121. The average Bonchev–Trinajstić information content (AvgIpc) is 2.79. The van der Waals surface area contributed by atoms with Crippen LogP contribution in [-0.4, -0.2) is 69.6 Å². The molecule has 0 aromatic heterocycles. The lowest BCUT2D eigenvalue weighted by Gasteiger charge is -2.36. The Labute approximate surface area is 200 Å². The molecule has 0 saturated carbocycles. The zero-order valence-corrected chi connectivity index (χ0v) is 20.6. The summed E-state index contributed by atoms with van der Waals surface area (Å²) in [5, 5.41) is 12.7. The van der Waals surface area contributed by atoms with E-state index in [1.165, 1.54) is 12.1 Å². The van der Waals surface area contributed by atoms with Gasteiger partial charge in [-0.05, 0) is 61.7 Å². The summed E-state index contributed by atoms with van der Waals surface area (Å²) in [5.74, 6) is -1.15. The summed E-state index contributed by atoms with van der Waals surface area (Å²) in [6.45, 7) is 9.09. The first-order valence-electron chi connectivity index (χ1n) is 11.3. The third kappa shape index (κ3) is 6.27. The highest BCUT2D eigenvalue weighted by Gasteiger charge is 2.24. The third-order valence-electron chi connectivity index (χ3n) is 5.92. The van der Waals surface area contributed by atoms with Crippen LogP contribution in [0.15, 0.2) is 41.3 Å². The fourth-order valence-corrected chi connectivity index (χ4v) is 4.95. The fraction of sp³-hybridized carbons (Fsp3) is 0.417. The Hall–Kier alpha value is -3.11. The van der Waals surface area contributed by atoms with Gasteiger partial charge in [-0.1, -0.05) is 13.0 Å². The van der Waals surface area contributed by atoms with Gasteiger partial charge in [0.1, 0.15) is 0 Å². The molecule has 1 fully saturated rings. The Morgan fingerprint density at radius 1 is 1.00 bits per heavy atom. The molecule has 3 N–H and O–H groups in total. The number of nitrogens with one attached hydrogen (secondary N) is 2. The van der Waals surface area contributed by atoms with Crippen molar-refractivity contribution in [3.8, 4) is 0 Å². The third-order valence-corrected chi connectivity index (χ3v) is 7.30. The van der Waals surface area contributed by atoms with E-state index >= 15 is 0 Å². The number of aryl methyl sites for hydroxylation is 2. The van der Waals surface area contributed by atoms with Crippen molar-refractivity contribution in [3.63, 3.8) is 0 Å². The van der Waals surface area contributed by atoms with Crippen LogP contribution in [0.1, 0.15) is 34.8 Å². The van der Waals surface area contributed by atoms with E-state index in [1.54, 1.807) is 24.3 Å². The number of piperazine rings is 1.